The maximum Gasteiger partial charge on any atom is 0.453 e. The number of amides is 1. The Hall–Kier alpha value is -3.69. The molecular formula is C27H20Cl2F3NO5. The number of fused-ring (bicyclic) bond motifs is 1. The van der Waals surface area contributed by atoms with E-state index in [0.717, 1.165) is 6.07 Å². The molecule has 0 unspecified atom stereocenters. The van der Waals surface area contributed by atoms with E-state index in [4.69, 9.17) is 37.1 Å². The summed E-state index contributed by atoms with van der Waals surface area (Å²) in [6.07, 6.45) is -5.03. The fraction of sp³-hybridized carbons (Fsp3) is 0.185. The van der Waals surface area contributed by atoms with E-state index in [1.165, 1.54) is 30.3 Å². The molecule has 1 heterocycles. The quantitative estimate of drug-likeness (QED) is 0.245. The van der Waals surface area contributed by atoms with Gasteiger partial charge in [0.25, 0.3) is 11.7 Å². The standard InChI is InChI=1S/C27H20Cl2F3NO5/c1-14(2)17-5-3-4-6-21(17)37-25-24(35)18-9-8-16(12-22(18)38-26(25)27(30,31)32)36-13-23(34)33-20-11-15(28)7-10-19(20)29/h3-12,14H,13H2,1-2H3,(H,33,34). The molecule has 0 aliphatic rings. The molecule has 0 atom stereocenters. The molecule has 1 aromatic heterocycles. The van der Waals surface area contributed by atoms with Crippen LogP contribution in [-0.4, -0.2) is 12.5 Å². The monoisotopic (exact) mass is 565 g/mol. The van der Waals surface area contributed by atoms with Crippen molar-refractivity contribution in [2.75, 3.05) is 11.9 Å². The molecule has 1 amide bonds. The summed E-state index contributed by atoms with van der Waals surface area (Å²) in [5, 5.41) is 2.97. The van der Waals surface area contributed by atoms with Gasteiger partial charge in [0.15, 0.2) is 6.61 Å². The Bertz CT molecular complexity index is 1570. The smallest absolute Gasteiger partial charge is 0.453 e. The third-order valence-electron chi connectivity index (χ3n) is 5.41. The Morgan fingerprint density at radius 2 is 1.79 bits per heavy atom. The van der Waals surface area contributed by atoms with Crippen molar-refractivity contribution in [1.82, 2.24) is 0 Å². The first-order chi connectivity index (χ1) is 17.9. The number of ether oxygens (including phenoxy) is 2. The number of hydrogen-bond acceptors (Lipinski definition) is 5. The van der Waals surface area contributed by atoms with Crippen molar-refractivity contribution in [2.45, 2.75) is 25.9 Å². The van der Waals surface area contributed by atoms with Crippen LogP contribution in [0.25, 0.3) is 11.0 Å². The highest BCUT2D eigenvalue weighted by Crippen LogP contribution is 2.40. The van der Waals surface area contributed by atoms with Gasteiger partial charge in [-0.15, -0.1) is 0 Å². The van der Waals surface area contributed by atoms with E-state index in [2.05, 4.69) is 5.32 Å². The van der Waals surface area contributed by atoms with Crippen LogP contribution in [0.15, 0.2) is 69.9 Å². The second-order valence-electron chi connectivity index (χ2n) is 8.50. The minimum Gasteiger partial charge on any atom is -0.484 e. The number of hydrogen-bond donors (Lipinski definition) is 1. The Labute approximate surface area is 224 Å². The van der Waals surface area contributed by atoms with Crippen LogP contribution in [0.5, 0.6) is 17.2 Å². The highest BCUT2D eigenvalue weighted by molar-refractivity contribution is 6.35. The van der Waals surface area contributed by atoms with E-state index in [-0.39, 0.29) is 39.1 Å². The lowest BCUT2D eigenvalue weighted by Crippen LogP contribution is -2.20. The number of alkyl halides is 3. The van der Waals surface area contributed by atoms with Gasteiger partial charge >= 0.3 is 6.18 Å². The average Bonchev–Trinajstić information content (AvgIpc) is 2.86. The molecule has 0 radical (unpaired) electrons. The van der Waals surface area contributed by atoms with Crippen LogP contribution in [0, 0.1) is 0 Å². The van der Waals surface area contributed by atoms with Gasteiger partial charge in [0.2, 0.25) is 11.2 Å². The summed E-state index contributed by atoms with van der Waals surface area (Å²) in [6, 6.07) is 14.7. The van der Waals surface area contributed by atoms with Crippen molar-refractivity contribution in [3.8, 4) is 17.2 Å². The Kier molecular flexibility index (Phi) is 7.89. The molecule has 11 heteroatoms. The number of para-hydroxylation sites is 1. The third-order valence-corrected chi connectivity index (χ3v) is 5.97. The van der Waals surface area contributed by atoms with E-state index in [9.17, 15) is 22.8 Å². The highest BCUT2D eigenvalue weighted by atomic mass is 35.5. The van der Waals surface area contributed by atoms with Gasteiger partial charge in [-0.3, -0.25) is 9.59 Å². The Morgan fingerprint density at radius 1 is 1.05 bits per heavy atom. The average molecular weight is 566 g/mol. The van der Waals surface area contributed by atoms with Crippen molar-refractivity contribution in [3.05, 3.63) is 92.3 Å². The highest BCUT2D eigenvalue weighted by Gasteiger charge is 2.40. The predicted octanol–water partition coefficient (Wildman–Crippen LogP) is 8.05. The van der Waals surface area contributed by atoms with Gasteiger partial charge in [-0.25, -0.2) is 0 Å². The summed E-state index contributed by atoms with van der Waals surface area (Å²) in [5.74, 6) is -3.10. The summed E-state index contributed by atoms with van der Waals surface area (Å²) in [5.41, 5.74) is -0.500. The van der Waals surface area contributed by atoms with Crippen molar-refractivity contribution < 1.29 is 31.9 Å². The topological polar surface area (TPSA) is 77.8 Å². The van der Waals surface area contributed by atoms with Crippen molar-refractivity contribution in [2.24, 2.45) is 0 Å². The van der Waals surface area contributed by atoms with Gasteiger partial charge in [0, 0.05) is 11.1 Å². The van der Waals surface area contributed by atoms with Crippen LogP contribution in [0.1, 0.15) is 31.1 Å². The second kappa shape index (κ2) is 11.0. The van der Waals surface area contributed by atoms with Gasteiger partial charge < -0.3 is 19.2 Å². The van der Waals surface area contributed by atoms with E-state index in [1.54, 1.807) is 24.3 Å². The minimum atomic E-state index is -5.03. The van der Waals surface area contributed by atoms with Crippen LogP contribution in [-0.2, 0) is 11.0 Å². The molecule has 1 N–H and O–H groups in total. The summed E-state index contributed by atoms with van der Waals surface area (Å²) < 4.78 is 57.8. The van der Waals surface area contributed by atoms with Crippen LogP contribution in [0.2, 0.25) is 10.0 Å². The number of rotatable bonds is 7. The molecule has 0 saturated carbocycles. The zero-order valence-electron chi connectivity index (χ0n) is 20.0. The third kappa shape index (κ3) is 6.06. The van der Waals surface area contributed by atoms with E-state index < -0.39 is 35.6 Å². The second-order valence-corrected chi connectivity index (χ2v) is 9.34. The van der Waals surface area contributed by atoms with E-state index in [1.807, 2.05) is 13.8 Å². The lowest BCUT2D eigenvalue weighted by Gasteiger charge is -2.16. The number of anilines is 1. The molecule has 38 heavy (non-hydrogen) atoms. The van der Waals surface area contributed by atoms with Crippen LogP contribution in [0.4, 0.5) is 18.9 Å². The van der Waals surface area contributed by atoms with Gasteiger partial charge in [-0.2, -0.15) is 13.2 Å². The Balaban J connectivity index is 1.63. The van der Waals surface area contributed by atoms with Crippen LogP contribution in [0.3, 0.4) is 0 Å². The van der Waals surface area contributed by atoms with Crippen LogP contribution >= 0.6 is 23.2 Å². The first-order valence-corrected chi connectivity index (χ1v) is 12.0. The molecule has 198 valence electrons. The molecule has 3 aromatic carbocycles. The fourth-order valence-corrected chi connectivity index (χ4v) is 3.95. The molecule has 0 aliphatic heterocycles. The number of carbonyl (C=O) groups is 1. The zero-order chi connectivity index (χ0) is 27.6. The first kappa shape index (κ1) is 27.3. The molecule has 0 fully saturated rings. The molecule has 0 spiro atoms. The van der Waals surface area contributed by atoms with E-state index >= 15 is 0 Å². The van der Waals surface area contributed by atoms with Crippen LogP contribution < -0.4 is 20.2 Å². The molecule has 4 aromatic rings. The predicted molar refractivity (Wildman–Crippen MR) is 139 cm³/mol. The molecule has 4 rings (SSSR count). The zero-order valence-corrected chi connectivity index (χ0v) is 21.5. The van der Waals surface area contributed by atoms with Crippen molar-refractivity contribution in [3.63, 3.8) is 0 Å². The number of halogens is 5. The lowest BCUT2D eigenvalue weighted by molar-refractivity contribution is -0.154. The molecule has 0 aliphatic carbocycles. The summed E-state index contributed by atoms with van der Waals surface area (Å²) in [4.78, 5) is 25.4. The van der Waals surface area contributed by atoms with Crippen molar-refractivity contribution in [1.29, 1.82) is 0 Å². The number of benzene rings is 3. The maximum atomic E-state index is 13.9. The fourth-order valence-electron chi connectivity index (χ4n) is 3.61. The van der Waals surface area contributed by atoms with Crippen molar-refractivity contribution >= 4 is 45.8 Å². The summed E-state index contributed by atoms with van der Waals surface area (Å²) in [6.45, 7) is 3.19. The normalized spacial score (nSPS) is 11.6. The Morgan fingerprint density at radius 3 is 2.50 bits per heavy atom. The molecule has 0 bridgehead atoms. The SMILES string of the molecule is CC(C)c1ccccc1Oc1c(C(F)(F)F)oc2cc(OCC(=O)Nc3cc(Cl)ccc3Cl)ccc2c1=O. The minimum absolute atomic E-state index is 0.0000581. The number of carbonyl (C=O) groups excluding carboxylic acids is 1. The summed E-state index contributed by atoms with van der Waals surface area (Å²) in [7, 11) is 0. The maximum absolute atomic E-state index is 13.9. The molecular weight excluding hydrogens is 546 g/mol. The van der Waals surface area contributed by atoms with Gasteiger partial charge in [-0.05, 0) is 47.9 Å². The van der Waals surface area contributed by atoms with Gasteiger partial charge in [0.05, 0.1) is 16.1 Å². The summed E-state index contributed by atoms with van der Waals surface area (Å²) >= 11 is 11.9. The van der Waals surface area contributed by atoms with Gasteiger partial charge in [0.1, 0.15) is 17.1 Å². The van der Waals surface area contributed by atoms with E-state index in [0.29, 0.717) is 10.6 Å². The van der Waals surface area contributed by atoms with Gasteiger partial charge in [-0.1, -0.05) is 55.2 Å². The first-order valence-electron chi connectivity index (χ1n) is 11.3. The lowest BCUT2D eigenvalue weighted by atomic mass is 10.0. The largest absolute Gasteiger partial charge is 0.484 e. The molecule has 6 nitrogen and oxygen atoms in total. The number of nitrogens with one attached hydrogen (secondary N) is 1. The molecule has 0 saturated heterocycles.